The van der Waals surface area contributed by atoms with Crippen LogP contribution in [0, 0.1) is 0 Å². The molecular formula is C20H40O3. The van der Waals surface area contributed by atoms with Crippen LogP contribution in [0.1, 0.15) is 111 Å². The first-order chi connectivity index (χ1) is 11.2. The summed E-state index contributed by atoms with van der Waals surface area (Å²) in [4.78, 5) is 11.1. The summed E-state index contributed by atoms with van der Waals surface area (Å²) in [6.07, 6.45) is 18.0. The van der Waals surface area contributed by atoms with Crippen LogP contribution >= 0.6 is 0 Å². The Morgan fingerprint density at radius 2 is 1.09 bits per heavy atom. The van der Waals surface area contributed by atoms with Crippen molar-refractivity contribution in [1.82, 2.24) is 0 Å². The zero-order valence-electron chi connectivity index (χ0n) is 15.9. The van der Waals surface area contributed by atoms with E-state index in [0.29, 0.717) is 6.61 Å². The molecule has 0 heterocycles. The number of unbranched alkanes of at least 4 members (excludes halogenated alkanes) is 13. The van der Waals surface area contributed by atoms with E-state index in [2.05, 4.69) is 6.92 Å². The number of ether oxygens (including phenoxy) is 2. The largest absolute Gasteiger partial charge is 0.508 e. The Hall–Kier alpha value is -0.730. The summed E-state index contributed by atoms with van der Waals surface area (Å²) < 4.78 is 9.91. The predicted octanol–water partition coefficient (Wildman–Crippen LogP) is 7.03. The third kappa shape index (κ3) is 19.2. The molecule has 0 N–H and O–H groups in total. The van der Waals surface area contributed by atoms with Crippen molar-refractivity contribution in [3.63, 3.8) is 0 Å². The summed E-state index contributed by atoms with van der Waals surface area (Å²) in [6, 6.07) is 0. The molecule has 0 aromatic rings. The molecule has 0 aromatic heterocycles. The van der Waals surface area contributed by atoms with Crippen molar-refractivity contribution in [3.8, 4) is 0 Å². The van der Waals surface area contributed by atoms with E-state index < -0.39 is 6.16 Å². The standard InChI is InChI=1S/C20H40O3/c1-4-5-6-7-8-9-10-11-12-13-14-15-16-17-18-22-20(21)23-19(2)3/h19H,4-18H2,1-3H3. The second-order valence-electron chi connectivity index (χ2n) is 6.86. The average molecular weight is 329 g/mol. The molecule has 0 fully saturated rings. The maximum absolute atomic E-state index is 11.1. The van der Waals surface area contributed by atoms with Crippen LogP contribution in [0.5, 0.6) is 0 Å². The quantitative estimate of drug-likeness (QED) is 0.225. The number of rotatable bonds is 16. The van der Waals surface area contributed by atoms with Crippen molar-refractivity contribution in [2.75, 3.05) is 6.61 Å². The Morgan fingerprint density at radius 1 is 0.696 bits per heavy atom. The van der Waals surface area contributed by atoms with E-state index in [0.717, 1.165) is 12.8 Å². The first kappa shape index (κ1) is 22.3. The molecule has 138 valence electrons. The maximum atomic E-state index is 11.1. The Morgan fingerprint density at radius 3 is 1.48 bits per heavy atom. The third-order valence-electron chi connectivity index (χ3n) is 4.05. The number of carbonyl (C=O) groups is 1. The predicted molar refractivity (Wildman–Crippen MR) is 97.9 cm³/mol. The minimum absolute atomic E-state index is 0.0983. The van der Waals surface area contributed by atoms with Crippen molar-refractivity contribution in [3.05, 3.63) is 0 Å². The Balaban J connectivity index is 3.06. The van der Waals surface area contributed by atoms with Gasteiger partial charge in [-0.2, -0.15) is 0 Å². The zero-order chi connectivity index (χ0) is 17.2. The topological polar surface area (TPSA) is 35.5 Å². The van der Waals surface area contributed by atoms with Crippen LogP contribution in [-0.4, -0.2) is 18.9 Å². The monoisotopic (exact) mass is 328 g/mol. The molecule has 0 aromatic carbocycles. The van der Waals surface area contributed by atoms with Gasteiger partial charge in [0.25, 0.3) is 0 Å². The first-order valence-corrected chi connectivity index (χ1v) is 10.00. The van der Waals surface area contributed by atoms with E-state index in [-0.39, 0.29) is 6.10 Å². The zero-order valence-corrected chi connectivity index (χ0v) is 15.9. The Kier molecular flexibility index (Phi) is 17.1. The fourth-order valence-corrected chi connectivity index (χ4v) is 2.68. The SMILES string of the molecule is CCCCCCCCCCCCCCCCOC(=O)OC(C)C. The van der Waals surface area contributed by atoms with Crippen molar-refractivity contribution in [2.24, 2.45) is 0 Å². The number of hydrogen-bond donors (Lipinski definition) is 0. The lowest BCUT2D eigenvalue weighted by Gasteiger charge is -2.08. The third-order valence-corrected chi connectivity index (χ3v) is 4.05. The molecular weight excluding hydrogens is 288 g/mol. The van der Waals surface area contributed by atoms with Gasteiger partial charge in [0, 0.05) is 0 Å². The molecule has 0 rings (SSSR count). The lowest BCUT2D eigenvalue weighted by atomic mass is 10.0. The van der Waals surface area contributed by atoms with Gasteiger partial charge in [-0.3, -0.25) is 0 Å². The molecule has 0 aliphatic carbocycles. The molecule has 0 unspecified atom stereocenters. The van der Waals surface area contributed by atoms with Gasteiger partial charge in [0.05, 0.1) is 12.7 Å². The van der Waals surface area contributed by atoms with E-state index in [9.17, 15) is 4.79 Å². The highest BCUT2D eigenvalue weighted by molar-refractivity contribution is 5.59. The molecule has 0 aliphatic rings. The van der Waals surface area contributed by atoms with Crippen molar-refractivity contribution < 1.29 is 14.3 Å². The molecule has 0 spiro atoms. The Bertz CT molecular complexity index is 251. The van der Waals surface area contributed by atoms with Crippen LogP contribution in [0.3, 0.4) is 0 Å². The van der Waals surface area contributed by atoms with Crippen molar-refractivity contribution in [1.29, 1.82) is 0 Å². The molecule has 3 nitrogen and oxygen atoms in total. The second-order valence-corrected chi connectivity index (χ2v) is 6.86. The number of hydrogen-bond acceptors (Lipinski definition) is 3. The molecule has 0 radical (unpaired) electrons. The first-order valence-electron chi connectivity index (χ1n) is 10.00. The van der Waals surface area contributed by atoms with Gasteiger partial charge >= 0.3 is 6.16 Å². The van der Waals surface area contributed by atoms with Gasteiger partial charge < -0.3 is 9.47 Å². The molecule has 0 saturated carbocycles. The van der Waals surface area contributed by atoms with E-state index in [1.807, 2.05) is 13.8 Å². The van der Waals surface area contributed by atoms with Gasteiger partial charge in [-0.25, -0.2) is 4.79 Å². The van der Waals surface area contributed by atoms with Crippen molar-refractivity contribution in [2.45, 2.75) is 117 Å². The minimum Gasteiger partial charge on any atom is -0.434 e. The second kappa shape index (κ2) is 17.6. The summed E-state index contributed by atoms with van der Waals surface area (Å²) in [5, 5.41) is 0. The lowest BCUT2D eigenvalue weighted by Crippen LogP contribution is -2.13. The summed E-state index contributed by atoms with van der Waals surface area (Å²) in [7, 11) is 0. The van der Waals surface area contributed by atoms with Crippen LogP contribution in [0.25, 0.3) is 0 Å². The fraction of sp³-hybridized carbons (Fsp3) is 0.950. The van der Waals surface area contributed by atoms with E-state index in [1.54, 1.807) is 0 Å². The van der Waals surface area contributed by atoms with Crippen LogP contribution in [0.4, 0.5) is 4.79 Å². The molecule has 23 heavy (non-hydrogen) atoms. The fourth-order valence-electron chi connectivity index (χ4n) is 2.68. The van der Waals surface area contributed by atoms with Crippen LogP contribution in [0.15, 0.2) is 0 Å². The van der Waals surface area contributed by atoms with Gasteiger partial charge in [0.2, 0.25) is 0 Å². The minimum atomic E-state index is -0.533. The molecule has 0 atom stereocenters. The van der Waals surface area contributed by atoms with Gasteiger partial charge in [-0.05, 0) is 20.3 Å². The van der Waals surface area contributed by atoms with Crippen LogP contribution < -0.4 is 0 Å². The average Bonchev–Trinajstić information content (AvgIpc) is 2.50. The molecule has 0 bridgehead atoms. The molecule has 0 amide bonds. The van der Waals surface area contributed by atoms with Crippen molar-refractivity contribution >= 4 is 6.16 Å². The summed E-state index contributed by atoms with van der Waals surface area (Å²) >= 11 is 0. The van der Waals surface area contributed by atoms with Crippen LogP contribution in [-0.2, 0) is 9.47 Å². The normalized spacial score (nSPS) is 11.0. The van der Waals surface area contributed by atoms with E-state index in [1.165, 1.54) is 77.0 Å². The van der Waals surface area contributed by atoms with Gasteiger partial charge in [0.1, 0.15) is 0 Å². The lowest BCUT2D eigenvalue weighted by molar-refractivity contribution is 0.0336. The van der Waals surface area contributed by atoms with E-state index in [4.69, 9.17) is 9.47 Å². The van der Waals surface area contributed by atoms with Gasteiger partial charge in [-0.15, -0.1) is 0 Å². The highest BCUT2D eigenvalue weighted by Gasteiger charge is 2.05. The maximum Gasteiger partial charge on any atom is 0.508 e. The molecule has 0 saturated heterocycles. The highest BCUT2D eigenvalue weighted by Crippen LogP contribution is 2.12. The van der Waals surface area contributed by atoms with E-state index >= 15 is 0 Å². The van der Waals surface area contributed by atoms with Gasteiger partial charge in [0.15, 0.2) is 0 Å². The summed E-state index contributed by atoms with van der Waals surface area (Å²) in [6.45, 7) is 6.42. The molecule has 0 aliphatic heterocycles. The van der Waals surface area contributed by atoms with Gasteiger partial charge in [-0.1, -0.05) is 90.4 Å². The molecule has 3 heteroatoms. The summed E-state index contributed by atoms with van der Waals surface area (Å²) in [5.74, 6) is 0. The number of carbonyl (C=O) groups excluding carboxylic acids is 1. The Labute approximate surface area is 144 Å². The highest BCUT2D eigenvalue weighted by atomic mass is 16.7. The smallest absolute Gasteiger partial charge is 0.434 e. The van der Waals surface area contributed by atoms with Crippen LogP contribution in [0.2, 0.25) is 0 Å². The summed E-state index contributed by atoms with van der Waals surface area (Å²) in [5.41, 5.74) is 0.